The topological polar surface area (TPSA) is 95.9 Å². The van der Waals surface area contributed by atoms with E-state index in [0.717, 1.165) is 16.2 Å². The number of rotatable bonds is 7. The number of nitrogens with zero attached hydrogens (tertiary/aromatic N) is 1. The fraction of sp³-hybridized carbons (Fsp3) is 0.375. The van der Waals surface area contributed by atoms with Gasteiger partial charge in [-0.1, -0.05) is 45.0 Å². The number of imide groups is 1. The van der Waals surface area contributed by atoms with Crippen LogP contribution in [0.5, 0.6) is 5.75 Å². The van der Waals surface area contributed by atoms with E-state index in [1.165, 1.54) is 0 Å². The van der Waals surface area contributed by atoms with Crippen LogP contribution < -0.4 is 9.74 Å². The molecule has 0 bridgehead atoms. The maximum absolute atomic E-state index is 12.7. The van der Waals surface area contributed by atoms with Crippen LogP contribution in [0.15, 0.2) is 48.5 Å². The Morgan fingerprint density at radius 3 is 2.03 bits per heavy atom. The normalized spacial score (nSPS) is 14.8. The molecule has 2 aromatic rings. The number of carbonyl (C=O) groups excluding carboxylic acids is 2. The highest BCUT2D eigenvalue weighted by Gasteiger charge is 2.39. The van der Waals surface area contributed by atoms with Gasteiger partial charge in [0.2, 0.25) is 8.32 Å². The van der Waals surface area contributed by atoms with Crippen molar-refractivity contribution in [2.24, 2.45) is 0 Å². The van der Waals surface area contributed by atoms with Crippen LogP contribution in [0.3, 0.4) is 0 Å². The minimum atomic E-state index is -1.96. The van der Waals surface area contributed by atoms with Crippen LogP contribution in [0.4, 0.5) is 4.79 Å². The van der Waals surface area contributed by atoms with Gasteiger partial charge in [-0.05, 0) is 54.4 Å². The van der Waals surface area contributed by atoms with E-state index in [9.17, 15) is 19.5 Å². The van der Waals surface area contributed by atoms with E-state index >= 15 is 0 Å². The van der Waals surface area contributed by atoms with Crippen LogP contribution >= 0.6 is 0 Å². The summed E-state index contributed by atoms with van der Waals surface area (Å²) in [6.07, 6.45) is -0.871. The lowest BCUT2D eigenvalue weighted by Crippen LogP contribution is -2.46. The molecule has 170 valence electrons. The molecular weight excluding hydrogens is 424 g/mol. The lowest BCUT2D eigenvalue weighted by atomic mass is 10.1. The molecular formula is C24H30N2O5Si. The maximum atomic E-state index is 12.7. The molecule has 3 rings (SSSR count). The number of hydrogen-bond donors (Lipinski definition) is 2. The average Bonchev–Trinajstić information content (AvgIpc) is 2.93. The summed E-state index contributed by atoms with van der Waals surface area (Å²) >= 11 is 0. The van der Waals surface area contributed by atoms with Crippen LogP contribution in [-0.2, 0) is 6.42 Å². The summed E-state index contributed by atoms with van der Waals surface area (Å²) in [5.41, 5.74) is 1.57. The van der Waals surface area contributed by atoms with Gasteiger partial charge >= 0.3 is 6.09 Å². The van der Waals surface area contributed by atoms with Crippen molar-refractivity contribution in [1.82, 2.24) is 10.2 Å². The second-order valence-electron chi connectivity index (χ2n) is 9.62. The number of carboxylic acid groups (broad SMARTS) is 1. The van der Waals surface area contributed by atoms with Gasteiger partial charge in [0.1, 0.15) is 5.75 Å². The standard InChI is InChI=1S/C24H30N2O5Si/c1-24(2,3)32(4,5)31-18-12-10-16(11-13-18)14-17(25-23(29)30)15-26-21(27)19-8-6-7-9-20(19)22(26)28/h6-13,17,25H,14-15H2,1-5H3,(H,29,30). The highest BCUT2D eigenvalue weighted by molar-refractivity contribution is 6.74. The monoisotopic (exact) mass is 454 g/mol. The van der Waals surface area contributed by atoms with Gasteiger partial charge in [0.05, 0.1) is 23.7 Å². The summed E-state index contributed by atoms with van der Waals surface area (Å²) in [5, 5.41) is 11.8. The summed E-state index contributed by atoms with van der Waals surface area (Å²) in [7, 11) is -1.96. The smallest absolute Gasteiger partial charge is 0.404 e. The molecule has 32 heavy (non-hydrogen) atoms. The molecule has 1 unspecified atom stereocenters. The molecule has 1 atom stereocenters. The first-order valence-electron chi connectivity index (χ1n) is 10.6. The molecule has 0 saturated heterocycles. The fourth-order valence-corrected chi connectivity index (χ4v) is 4.42. The zero-order valence-electron chi connectivity index (χ0n) is 19.1. The number of amides is 3. The molecule has 8 heteroatoms. The number of carbonyl (C=O) groups is 3. The molecule has 7 nitrogen and oxygen atoms in total. The molecule has 0 aliphatic carbocycles. The van der Waals surface area contributed by atoms with Gasteiger partial charge in [-0.25, -0.2) is 4.79 Å². The van der Waals surface area contributed by atoms with Crippen molar-refractivity contribution in [3.8, 4) is 5.75 Å². The first-order valence-corrected chi connectivity index (χ1v) is 13.5. The number of fused-ring (bicyclic) bond motifs is 1. The fourth-order valence-electron chi connectivity index (χ4n) is 3.39. The first kappa shape index (κ1) is 23.5. The van der Waals surface area contributed by atoms with Crippen molar-refractivity contribution < 1.29 is 23.9 Å². The Morgan fingerprint density at radius 2 is 1.56 bits per heavy atom. The Balaban J connectivity index is 1.72. The van der Waals surface area contributed by atoms with Gasteiger partial charge in [0.15, 0.2) is 0 Å². The van der Waals surface area contributed by atoms with Crippen LogP contribution in [-0.4, -0.2) is 48.8 Å². The molecule has 0 saturated carbocycles. The maximum Gasteiger partial charge on any atom is 0.404 e. The largest absolute Gasteiger partial charge is 0.544 e. The molecule has 0 aromatic heterocycles. The number of benzene rings is 2. The predicted molar refractivity (Wildman–Crippen MR) is 125 cm³/mol. The van der Waals surface area contributed by atoms with Gasteiger partial charge < -0.3 is 14.8 Å². The van der Waals surface area contributed by atoms with Gasteiger partial charge in [-0.3, -0.25) is 14.5 Å². The Hall–Kier alpha value is -3.13. The second-order valence-corrected chi connectivity index (χ2v) is 14.3. The first-order chi connectivity index (χ1) is 14.9. The minimum Gasteiger partial charge on any atom is -0.544 e. The molecule has 2 N–H and O–H groups in total. The molecule has 1 aliphatic heterocycles. The molecule has 1 aliphatic rings. The van der Waals surface area contributed by atoms with E-state index in [1.54, 1.807) is 24.3 Å². The third-order valence-electron chi connectivity index (χ3n) is 6.19. The summed E-state index contributed by atoms with van der Waals surface area (Å²) < 4.78 is 6.29. The zero-order valence-corrected chi connectivity index (χ0v) is 20.1. The second kappa shape index (κ2) is 8.78. The van der Waals surface area contributed by atoms with Crippen molar-refractivity contribution in [2.75, 3.05) is 6.54 Å². The average molecular weight is 455 g/mol. The van der Waals surface area contributed by atoms with Crippen molar-refractivity contribution in [2.45, 2.75) is 51.4 Å². The van der Waals surface area contributed by atoms with Crippen LogP contribution in [0.2, 0.25) is 18.1 Å². The van der Waals surface area contributed by atoms with E-state index in [-0.39, 0.29) is 11.6 Å². The SMILES string of the molecule is CC(C)(C)[Si](C)(C)Oc1ccc(CC(CN2C(=O)c3ccccc3C2=O)NC(=O)O)cc1. The molecule has 1 heterocycles. The quantitative estimate of drug-likeness (QED) is 0.473. The summed E-state index contributed by atoms with van der Waals surface area (Å²) in [4.78, 5) is 37.8. The molecule has 2 aromatic carbocycles. The number of nitrogens with one attached hydrogen (secondary N) is 1. The lowest BCUT2D eigenvalue weighted by molar-refractivity contribution is 0.0636. The summed E-state index contributed by atoms with van der Waals surface area (Å²) in [6.45, 7) is 10.8. The van der Waals surface area contributed by atoms with Gasteiger partial charge in [-0.15, -0.1) is 0 Å². The van der Waals surface area contributed by atoms with E-state index < -0.39 is 32.3 Å². The van der Waals surface area contributed by atoms with Crippen LogP contribution in [0.25, 0.3) is 0 Å². The minimum absolute atomic E-state index is 0.0408. The Kier molecular flexibility index (Phi) is 6.45. The highest BCUT2D eigenvalue weighted by atomic mass is 28.4. The highest BCUT2D eigenvalue weighted by Crippen LogP contribution is 2.37. The molecule has 0 fully saturated rings. The number of hydrogen-bond acceptors (Lipinski definition) is 4. The Morgan fingerprint density at radius 1 is 1.03 bits per heavy atom. The van der Waals surface area contributed by atoms with Gasteiger partial charge in [0, 0.05) is 0 Å². The van der Waals surface area contributed by atoms with E-state index in [0.29, 0.717) is 17.5 Å². The zero-order chi connectivity index (χ0) is 23.7. The van der Waals surface area contributed by atoms with E-state index in [4.69, 9.17) is 4.43 Å². The van der Waals surface area contributed by atoms with Crippen molar-refractivity contribution >= 4 is 26.2 Å². The van der Waals surface area contributed by atoms with Crippen molar-refractivity contribution in [3.05, 3.63) is 65.2 Å². The molecule has 0 radical (unpaired) electrons. The van der Waals surface area contributed by atoms with E-state index in [2.05, 4.69) is 39.2 Å². The van der Waals surface area contributed by atoms with Crippen LogP contribution in [0.1, 0.15) is 47.1 Å². The summed E-state index contributed by atoms with van der Waals surface area (Å²) in [5.74, 6) is -0.0229. The lowest BCUT2D eigenvalue weighted by Gasteiger charge is -2.36. The predicted octanol–water partition coefficient (Wildman–Crippen LogP) is 4.55. The van der Waals surface area contributed by atoms with Gasteiger partial charge in [0.25, 0.3) is 11.8 Å². The van der Waals surface area contributed by atoms with Crippen molar-refractivity contribution in [1.29, 1.82) is 0 Å². The third kappa shape index (κ3) is 5.02. The van der Waals surface area contributed by atoms with Gasteiger partial charge in [-0.2, -0.15) is 0 Å². The van der Waals surface area contributed by atoms with Crippen molar-refractivity contribution in [3.63, 3.8) is 0 Å². The third-order valence-corrected chi connectivity index (χ3v) is 10.6. The summed E-state index contributed by atoms with van der Waals surface area (Å²) in [6, 6.07) is 13.5. The Bertz CT molecular complexity index is 992. The molecule has 0 spiro atoms. The Labute approximate surface area is 189 Å². The molecule has 3 amide bonds. The van der Waals surface area contributed by atoms with Crippen LogP contribution in [0, 0.1) is 0 Å². The van der Waals surface area contributed by atoms with E-state index in [1.807, 2.05) is 24.3 Å².